The molecule has 0 saturated carbocycles. The van der Waals surface area contributed by atoms with Gasteiger partial charge in [0.05, 0.1) is 6.61 Å². The van der Waals surface area contributed by atoms with Gasteiger partial charge in [0, 0.05) is 31.6 Å². The molecule has 1 aliphatic rings. The first-order chi connectivity index (χ1) is 17.8. The summed E-state index contributed by atoms with van der Waals surface area (Å²) in [4.78, 5) is 2.33. The van der Waals surface area contributed by atoms with E-state index < -0.39 is 16.1 Å². The lowest BCUT2D eigenvalue weighted by Gasteiger charge is -2.37. The number of rotatable bonds is 8. The number of hydrogen-bond acceptors (Lipinski definition) is 5. The van der Waals surface area contributed by atoms with E-state index in [4.69, 9.17) is 4.74 Å². The molecule has 1 aliphatic heterocycles. The monoisotopic (exact) mass is 520 g/mol. The van der Waals surface area contributed by atoms with Gasteiger partial charge in [0.25, 0.3) is 0 Å². The van der Waals surface area contributed by atoms with Crippen molar-refractivity contribution in [2.75, 3.05) is 26.7 Å². The molecule has 3 aromatic carbocycles. The van der Waals surface area contributed by atoms with Gasteiger partial charge in [-0.1, -0.05) is 85.8 Å². The van der Waals surface area contributed by atoms with Crippen molar-refractivity contribution in [1.29, 1.82) is 0 Å². The van der Waals surface area contributed by atoms with Crippen molar-refractivity contribution in [3.05, 3.63) is 95.6 Å². The van der Waals surface area contributed by atoms with Gasteiger partial charge >= 0.3 is 0 Å². The predicted molar refractivity (Wildman–Crippen MR) is 149 cm³/mol. The zero-order valence-electron chi connectivity index (χ0n) is 21.7. The van der Waals surface area contributed by atoms with Gasteiger partial charge in [-0.05, 0) is 42.8 Å². The molecule has 196 valence electrons. The highest BCUT2D eigenvalue weighted by Gasteiger charge is 2.38. The molecule has 0 fully saturated rings. The predicted octanol–water partition coefficient (Wildman–Crippen LogP) is 4.76. The van der Waals surface area contributed by atoms with Gasteiger partial charge in [-0.15, -0.1) is 0 Å². The van der Waals surface area contributed by atoms with E-state index in [-0.39, 0.29) is 30.1 Å². The molecule has 0 spiro atoms. The maximum atomic E-state index is 13.7. The fourth-order valence-corrected chi connectivity index (χ4v) is 6.41. The molecule has 7 heteroatoms. The van der Waals surface area contributed by atoms with E-state index in [9.17, 15) is 13.5 Å². The Morgan fingerprint density at radius 1 is 1.03 bits per heavy atom. The number of nitrogens with zero attached hydrogens (tertiary/aromatic N) is 2. The Hall–Kier alpha value is -2.97. The third-order valence-corrected chi connectivity index (χ3v) is 8.77. The van der Waals surface area contributed by atoms with E-state index in [1.807, 2.05) is 74.7 Å². The molecule has 3 atom stereocenters. The molecular formula is C30H36N2O4S. The molecule has 0 saturated heterocycles. The van der Waals surface area contributed by atoms with Gasteiger partial charge in [0.2, 0.25) is 10.0 Å². The summed E-state index contributed by atoms with van der Waals surface area (Å²) in [6, 6.07) is 24.9. The van der Waals surface area contributed by atoms with Gasteiger partial charge in [-0.2, -0.15) is 4.31 Å². The first kappa shape index (κ1) is 27.1. The Labute approximate surface area is 220 Å². The minimum atomic E-state index is -3.86. The second-order valence-corrected chi connectivity index (χ2v) is 11.7. The van der Waals surface area contributed by atoms with Crippen LogP contribution in [0.5, 0.6) is 5.75 Å². The molecule has 3 aromatic rings. The van der Waals surface area contributed by atoms with Crippen LogP contribution in [-0.4, -0.2) is 61.6 Å². The minimum Gasteiger partial charge on any atom is -0.487 e. The largest absolute Gasteiger partial charge is 0.487 e. The van der Waals surface area contributed by atoms with Crippen molar-refractivity contribution in [1.82, 2.24) is 9.21 Å². The number of aliphatic hydroxyl groups is 1. The first-order valence-corrected chi connectivity index (χ1v) is 14.1. The SMILES string of the molecule is C[C@H]1CN([C@@H](C)CO)S(=O)(=O)c2ccc(C=Cc3ccccc3)cc2O[C@H]1CN(C)Cc1ccccc1. The van der Waals surface area contributed by atoms with Crippen LogP contribution < -0.4 is 4.74 Å². The van der Waals surface area contributed by atoms with Crippen LogP contribution in [0.4, 0.5) is 0 Å². The summed E-state index contributed by atoms with van der Waals surface area (Å²) in [5.74, 6) is 0.244. The smallest absolute Gasteiger partial charge is 0.247 e. The number of fused-ring (bicyclic) bond motifs is 1. The third kappa shape index (κ3) is 6.67. The normalized spacial score (nSPS) is 20.7. The summed E-state index contributed by atoms with van der Waals surface area (Å²) >= 11 is 0. The van der Waals surface area contributed by atoms with Crippen molar-refractivity contribution in [3.8, 4) is 5.75 Å². The zero-order chi connectivity index (χ0) is 26.4. The number of likely N-dealkylation sites (N-methyl/N-ethyl adjacent to an activating group) is 1. The summed E-state index contributed by atoms with van der Waals surface area (Å²) in [5, 5.41) is 9.86. The van der Waals surface area contributed by atoms with Crippen LogP contribution in [0.25, 0.3) is 12.2 Å². The Kier molecular flexibility index (Phi) is 8.82. The van der Waals surface area contributed by atoms with Crippen molar-refractivity contribution in [2.45, 2.75) is 37.4 Å². The highest BCUT2D eigenvalue weighted by molar-refractivity contribution is 7.89. The van der Waals surface area contributed by atoms with Crippen molar-refractivity contribution in [2.24, 2.45) is 5.92 Å². The van der Waals surface area contributed by atoms with Crippen LogP contribution in [0.1, 0.15) is 30.5 Å². The molecule has 37 heavy (non-hydrogen) atoms. The highest BCUT2D eigenvalue weighted by atomic mass is 32.2. The quantitative estimate of drug-likeness (QED) is 0.434. The van der Waals surface area contributed by atoms with Crippen LogP contribution in [-0.2, 0) is 16.6 Å². The summed E-state index contributed by atoms with van der Waals surface area (Å²) < 4.78 is 35.3. The number of sulfonamides is 1. The zero-order valence-corrected chi connectivity index (χ0v) is 22.5. The summed E-state index contributed by atoms with van der Waals surface area (Å²) in [6.45, 7) is 5.15. The summed E-state index contributed by atoms with van der Waals surface area (Å²) in [7, 11) is -1.81. The molecule has 0 bridgehead atoms. The first-order valence-electron chi connectivity index (χ1n) is 12.7. The Bertz CT molecular complexity index is 1300. The average molecular weight is 521 g/mol. The van der Waals surface area contributed by atoms with Crippen LogP contribution >= 0.6 is 0 Å². The lowest BCUT2D eigenvalue weighted by molar-refractivity contribution is 0.0733. The standard InChI is InChI=1S/C30H36N2O4S/c1-23-19-32(24(2)22-33)37(34,35)30-17-16-26(15-14-25-10-6-4-7-11-25)18-28(30)36-29(23)21-31(3)20-27-12-8-5-9-13-27/h4-18,23-24,29,33H,19-22H2,1-3H3/t23-,24-,29-/m0/s1. The molecule has 0 aromatic heterocycles. The van der Waals surface area contributed by atoms with E-state index in [1.165, 1.54) is 9.87 Å². The van der Waals surface area contributed by atoms with E-state index >= 15 is 0 Å². The Morgan fingerprint density at radius 3 is 2.35 bits per heavy atom. The van der Waals surface area contributed by atoms with E-state index in [2.05, 4.69) is 17.0 Å². The fraction of sp³-hybridized carbons (Fsp3) is 0.333. The van der Waals surface area contributed by atoms with E-state index in [0.717, 1.165) is 17.7 Å². The summed E-state index contributed by atoms with van der Waals surface area (Å²) in [6.07, 6.45) is 3.70. The molecule has 6 nitrogen and oxygen atoms in total. The second kappa shape index (κ2) is 12.0. The van der Waals surface area contributed by atoms with E-state index in [1.54, 1.807) is 25.1 Å². The molecule has 0 radical (unpaired) electrons. The molecule has 1 N–H and O–H groups in total. The van der Waals surface area contributed by atoms with Crippen molar-refractivity contribution < 1.29 is 18.3 Å². The molecular weight excluding hydrogens is 484 g/mol. The van der Waals surface area contributed by atoms with Crippen LogP contribution in [0.15, 0.2) is 83.8 Å². The topological polar surface area (TPSA) is 70.1 Å². The van der Waals surface area contributed by atoms with Gasteiger partial charge < -0.3 is 9.84 Å². The van der Waals surface area contributed by atoms with Gasteiger partial charge in [-0.25, -0.2) is 8.42 Å². The molecule has 4 rings (SSSR count). The second-order valence-electron chi connectivity index (χ2n) is 9.87. The number of hydrogen-bond donors (Lipinski definition) is 1. The maximum Gasteiger partial charge on any atom is 0.247 e. The van der Waals surface area contributed by atoms with Crippen molar-refractivity contribution >= 4 is 22.2 Å². The highest BCUT2D eigenvalue weighted by Crippen LogP contribution is 2.34. The summed E-state index contributed by atoms with van der Waals surface area (Å²) in [5.41, 5.74) is 3.11. The maximum absolute atomic E-state index is 13.7. The average Bonchev–Trinajstić information content (AvgIpc) is 2.90. The molecule has 0 aliphatic carbocycles. The molecule has 1 heterocycles. The number of ether oxygens (including phenoxy) is 1. The minimum absolute atomic E-state index is 0.0985. The van der Waals surface area contributed by atoms with E-state index in [0.29, 0.717) is 12.3 Å². The lowest BCUT2D eigenvalue weighted by Crippen LogP contribution is -2.49. The Morgan fingerprint density at radius 2 is 1.68 bits per heavy atom. The Balaban J connectivity index is 1.68. The molecule has 0 unspecified atom stereocenters. The number of aliphatic hydroxyl groups excluding tert-OH is 1. The number of benzene rings is 3. The fourth-order valence-electron chi connectivity index (χ4n) is 4.59. The van der Waals surface area contributed by atoms with Gasteiger partial charge in [0.1, 0.15) is 16.7 Å². The van der Waals surface area contributed by atoms with Crippen molar-refractivity contribution in [3.63, 3.8) is 0 Å². The van der Waals surface area contributed by atoms with Crippen LogP contribution in [0.2, 0.25) is 0 Å². The third-order valence-electron chi connectivity index (χ3n) is 6.75. The van der Waals surface area contributed by atoms with Crippen LogP contribution in [0, 0.1) is 5.92 Å². The van der Waals surface area contributed by atoms with Gasteiger partial charge in [-0.3, -0.25) is 4.90 Å². The van der Waals surface area contributed by atoms with Gasteiger partial charge in [0.15, 0.2) is 0 Å². The van der Waals surface area contributed by atoms with Crippen LogP contribution in [0.3, 0.4) is 0 Å². The lowest BCUT2D eigenvalue weighted by atomic mass is 10.0. The molecule has 0 amide bonds.